The van der Waals surface area contributed by atoms with Gasteiger partial charge < -0.3 is 20.3 Å². The molecule has 2 aromatic rings. The van der Waals surface area contributed by atoms with Crippen molar-refractivity contribution in [1.29, 1.82) is 0 Å². The Balaban J connectivity index is 1.32. The lowest BCUT2D eigenvalue weighted by Crippen LogP contribution is -2.56. The minimum atomic E-state index is -1.19. The number of nitrogens with zero attached hydrogens (tertiary/aromatic N) is 1. The van der Waals surface area contributed by atoms with E-state index in [1.165, 1.54) is 6.42 Å². The van der Waals surface area contributed by atoms with Crippen LogP contribution in [-0.2, 0) is 25.7 Å². The first-order chi connectivity index (χ1) is 18.4. The lowest BCUT2D eigenvalue weighted by Gasteiger charge is -2.34. The molecule has 2 N–H and O–H groups in total. The summed E-state index contributed by atoms with van der Waals surface area (Å²) in [5.41, 5.74) is 0.298. The second-order valence-electron chi connectivity index (χ2n) is 10.6. The van der Waals surface area contributed by atoms with Crippen LogP contribution < -0.4 is 10.6 Å². The average Bonchev–Trinajstić information content (AvgIpc) is 3.55. The van der Waals surface area contributed by atoms with E-state index >= 15 is 0 Å². The number of ether oxygens (including phenoxy) is 1. The van der Waals surface area contributed by atoms with Gasteiger partial charge in [-0.05, 0) is 54.8 Å². The third kappa shape index (κ3) is 4.46. The number of rotatable bonds is 6. The molecule has 3 aliphatic heterocycles. The van der Waals surface area contributed by atoms with Gasteiger partial charge in [0.15, 0.2) is 0 Å². The molecule has 198 valence electrons. The molecular formula is C29H29BrClN3O4. The van der Waals surface area contributed by atoms with Crippen molar-refractivity contribution in [3.8, 4) is 0 Å². The summed E-state index contributed by atoms with van der Waals surface area (Å²) in [5, 5.41) is 6.76. The zero-order valence-corrected chi connectivity index (χ0v) is 23.1. The molecule has 3 heterocycles. The summed E-state index contributed by atoms with van der Waals surface area (Å²) in [4.78, 5) is 43.1. The van der Waals surface area contributed by atoms with Crippen LogP contribution in [0.15, 0.2) is 65.2 Å². The Hall–Kier alpha value is -2.68. The number of nitrogens with one attached hydrogen (secondary N) is 2. The van der Waals surface area contributed by atoms with Crippen LogP contribution >= 0.6 is 27.5 Å². The Morgan fingerprint density at radius 3 is 2.45 bits per heavy atom. The van der Waals surface area contributed by atoms with E-state index in [1.54, 1.807) is 29.2 Å². The summed E-state index contributed by atoms with van der Waals surface area (Å²) in [6, 6.07) is 13.7. The highest BCUT2D eigenvalue weighted by Crippen LogP contribution is 2.55. The molecule has 3 amide bonds. The highest BCUT2D eigenvalue weighted by molar-refractivity contribution is 9.10. The third-order valence-corrected chi connectivity index (χ3v) is 9.04. The fraction of sp³-hybridized carbons (Fsp3) is 0.414. The van der Waals surface area contributed by atoms with Gasteiger partial charge in [-0.25, -0.2) is 0 Å². The van der Waals surface area contributed by atoms with Gasteiger partial charge in [-0.1, -0.05) is 71.1 Å². The Morgan fingerprint density at radius 1 is 1.03 bits per heavy atom. The molecule has 1 saturated carbocycles. The zero-order valence-electron chi connectivity index (χ0n) is 20.7. The van der Waals surface area contributed by atoms with Gasteiger partial charge in [-0.15, -0.1) is 0 Å². The maximum absolute atomic E-state index is 14.1. The molecule has 6 rings (SSSR count). The van der Waals surface area contributed by atoms with Crippen LogP contribution in [0.4, 0.5) is 5.69 Å². The number of hydrogen-bond acceptors (Lipinski definition) is 4. The Bertz CT molecular complexity index is 1280. The normalized spacial score (nSPS) is 29.9. The quantitative estimate of drug-likeness (QED) is 0.466. The fourth-order valence-corrected chi connectivity index (χ4v) is 6.90. The second-order valence-corrected chi connectivity index (χ2v) is 12.0. The summed E-state index contributed by atoms with van der Waals surface area (Å²) in [6.07, 6.45) is 8.29. The Kier molecular flexibility index (Phi) is 6.82. The van der Waals surface area contributed by atoms with Crippen molar-refractivity contribution in [2.24, 2.45) is 11.8 Å². The SMILES string of the molecule is O=C(Nc1ccc(Br)cc1)[C@H]1[C@H]2C=C[C@]3(O2)[C@H](C(=O)NC2CCCCC2)N(Cc2ccc(Cl)cc2)C(=O)[C@@H]13. The van der Waals surface area contributed by atoms with Gasteiger partial charge in [0.25, 0.3) is 0 Å². The fourth-order valence-electron chi connectivity index (χ4n) is 6.51. The first-order valence-electron chi connectivity index (χ1n) is 13.1. The lowest BCUT2D eigenvalue weighted by molar-refractivity contribution is -0.142. The molecule has 2 saturated heterocycles. The van der Waals surface area contributed by atoms with Crippen LogP contribution in [0.5, 0.6) is 0 Å². The topological polar surface area (TPSA) is 87.7 Å². The molecule has 38 heavy (non-hydrogen) atoms. The number of halogens is 2. The van der Waals surface area contributed by atoms with Crippen molar-refractivity contribution < 1.29 is 19.1 Å². The van der Waals surface area contributed by atoms with Crippen LogP contribution in [0, 0.1) is 11.8 Å². The smallest absolute Gasteiger partial charge is 0.246 e. The van der Waals surface area contributed by atoms with E-state index in [4.69, 9.17) is 16.3 Å². The van der Waals surface area contributed by atoms with Gasteiger partial charge in [0.1, 0.15) is 11.6 Å². The molecule has 0 unspecified atom stereocenters. The summed E-state index contributed by atoms with van der Waals surface area (Å²) in [6.45, 7) is 0.222. The number of benzene rings is 2. The maximum Gasteiger partial charge on any atom is 0.246 e. The molecule has 7 nitrogen and oxygen atoms in total. The van der Waals surface area contributed by atoms with Crippen LogP contribution in [0.2, 0.25) is 5.02 Å². The maximum atomic E-state index is 14.1. The van der Waals surface area contributed by atoms with Crippen LogP contribution in [0.1, 0.15) is 37.7 Å². The van der Waals surface area contributed by atoms with E-state index in [9.17, 15) is 14.4 Å². The molecule has 4 aliphatic rings. The number of anilines is 1. The van der Waals surface area contributed by atoms with Gasteiger partial charge in [0, 0.05) is 27.8 Å². The summed E-state index contributed by atoms with van der Waals surface area (Å²) < 4.78 is 7.33. The van der Waals surface area contributed by atoms with Gasteiger partial charge in [-0.2, -0.15) is 0 Å². The van der Waals surface area contributed by atoms with Crippen molar-refractivity contribution in [2.45, 2.75) is 62.4 Å². The van der Waals surface area contributed by atoms with Crippen molar-refractivity contribution in [1.82, 2.24) is 10.2 Å². The van der Waals surface area contributed by atoms with Gasteiger partial charge in [0.05, 0.1) is 17.9 Å². The Labute approximate surface area is 235 Å². The largest absolute Gasteiger partial charge is 0.359 e. The molecular weight excluding hydrogens is 570 g/mol. The summed E-state index contributed by atoms with van der Waals surface area (Å²) >= 11 is 9.49. The number of carbonyl (C=O) groups excluding carboxylic acids is 3. The summed E-state index contributed by atoms with van der Waals surface area (Å²) in [7, 11) is 0. The lowest BCUT2D eigenvalue weighted by atomic mass is 9.74. The van der Waals surface area contributed by atoms with Gasteiger partial charge in [0.2, 0.25) is 17.7 Å². The highest BCUT2D eigenvalue weighted by atomic mass is 79.9. The van der Waals surface area contributed by atoms with Crippen LogP contribution in [-0.4, -0.2) is 46.4 Å². The number of hydrogen-bond donors (Lipinski definition) is 2. The van der Waals surface area contributed by atoms with Crippen molar-refractivity contribution >= 4 is 50.9 Å². The minimum absolute atomic E-state index is 0.0817. The molecule has 2 aromatic carbocycles. The standard InChI is InChI=1S/C29H29BrClN3O4/c30-18-8-12-21(13-9-18)32-26(35)23-22-14-15-29(38-22)24(23)28(37)34(16-17-6-10-19(31)11-7-17)25(29)27(36)33-20-4-2-1-3-5-20/h6-15,20,22-25H,1-5,16H2,(H,32,35)(H,33,36)/t22-,23+,24-,25+,29-/m1/s1. The van der Waals surface area contributed by atoms with E-state index in [1.807, 2.05) is 36.4 Å². The average molecular weight is 599 g/mol. The molecule has 9 heteroatoms. The molecule has 0 aromatic heterocycles. The molecule has 1 aliphatic carbocycles. The van der Waals surface area contributed by atoms with Crippen molar-refractivity contribution in [3.05, 3.63) is 75.7 Å². The van der Waals surface area contributed by atoms with Gasteiger partial charge >= 0.3 is 0 Å². The van der Waals surface area contributed by atoms with Crippen LogP contribution in [0.25, 0.3) is 0 Å². The third-order valence-electron chi connectivity index (χ3n) is 8.25. The number of carbonyl (C=O) groups is 3. The molecule has 0 radical (unpaired) electrons. The van der Waals surface area contributed by atoms with Crippen molar-refractivity contribution in [2.75, 3.05) is 5.32 Å². The van der Waals surface area contributed by atoms with E-state index in [2.05, 4.69) is 26.6 Å². The van der Waals surface area contributed by atoms with E-state index in [0.29, 0.717) is 10.7 Å². The molecule has 2 bridgehead atoms. The van der Waals surface area contributed by atoms with Crippen molar-refractivity contribution in [3.63, 3.8) is 0 Å². The van der Waals surface area contributed by atoms with Gasteiger partial charge in [-0.3, -0.25) is 14.4 Å². The minimum Gasteiger partial charge on any atom is -0.359 e. The monoisotopic (exact) mass is 597 g/mol. The predicted octanol–water partition coefficient (Wildman–Crippen LogP) is 4.84. The van der Waals surface area contributed by atoms with E-state index in [-0.39, 0.29) is 30.3 Å². The van der Waals surface area contributed by atoms with E-state index in [0.717, 1.165) is 35.7 Å². The first-order valence-corrected chi connectivity index (χ1v) is 14.3. The number of likely N-dealkylation sites (tertiary alicyclic amines) is 1. The zero-order chi connectivity index (χ0) is 26.4. The Morgan fingerprint density at radius 2 is 1.74 bits per heavy atom. The first kappa shape index (κ1) is 25.6. The molecule has 5 atom stereocenters. The highest BCUT2D eigenvalue weighted by Gasteiger charge is 2.72. The molecule has 3 fully saturated rings. The number of amides is 3. The molecule has 1 spiro atoms. The van der Waals surface area contributed by atoms with E-state index < -0.39 is 29.6 Å². The number of fused-ring (bicyclic) bond motifs is 1. The predicted molar refractivity (Wildman–Crippen MR) is 147 cm³/mol. The van der Waals surface area contributed by atoms with Crippen LogP contribution in [0.3, 0.4) is 0 Å². The second kappa shape index (κ2) is 10.1. The summed E-state index contributed by atoms with van der Waals surface area (Å²) in [5.74, 6) is -2.28.